The van der Waals surface area contributed by atoms with Gasteiger partial charge in [0.2, 0.25) is 5.95 Å². The molecule has 1 saturated heterocycles. The van der Waals surface area contributed by atoms with E-state index in [1.165, 1.54) is 11.6 Å². The molecule has 1 aliphatic rings. The van der Waals surface area contributed by atoms with Crippen molar-refractivity contribution in [2.45, 2.75) is 13.0 Å². The van der Waals surface area contributed by atoms with Gasteiger partial charge >= 0.3 is 5.97 Å². The molecule has 14 heteroatoms. The van der Waals surface area contributed by atoms with Crippen LogP contribution in [0, 0.1) is 11.6 Å². The molecule has 2 aromatic heterocycles. The highest BCUT2D eigenvalue weighted by atomic mass is 19.1. The van der Waals surface area contributed by atoms with Gasteiger partial charge in [-0.2, -0.15) is 4.98 Å². The number of esters is 1. The van der Waals surface area contributed by atoms with Crippen LogP contribution in [0.1, 0.15) is 6.92 Å². The molecule has 0 spiro atoms. The Bertz CT molecular complexity index is 1230. The summed E-state index contributed by atoms with van der Waals surface area (Å²) in [4.78, 5) is 34.0. The summed E-state index contributed by atoms with van der Waals surface area (Å²) in [5.74, 6) is -1.81. The van der Waals surface area contributed by atoms with Crippen molar-refractivity contribution in [2.75, 3.05) is 49.2 Å². The summed E-state index contributed by atoms with van der Waals surface area (Å²) in [6, 6.07) is 1.40. The second-order valence-corrected chi connectivity index (χ2v) is 7.79. The normalized spacial score (nSPS) is 15.0. The average molecular weight is 478 g/mol. The number of nitrogens with one attached hydrogen (secondary N) is 1. The second-order valence-electron chi connectivity index (χ2n) is 7.79. The first-order valence-corrected chi connectivity index (χ1v) is 10.6. The number of anilines is 2. The van der Waals surface area contributed by atoms with Gasteiger partial charge in [-0.25, -0.2) is 13.5 Å². The molecule has 4 rings (SSSR count). The third-order valence-electron chi connectivity index (χ3n) is 5.30. The number of ether oxygens (including phenoxy) is 2. The Morgan fingerprint density at radius 2 is 1.82 bits per heavy atom. The summed E-state index contributed by atoms with van der Waals surface area (Å²) in [7, 11) is 1.63. The molecule has 3 N–H and O–H groups in total. The number of nitrogens with two attached hydrogens (primary N) is 1. The lowest BCUT2D eigenvalue weighted by Gasteiger charge is -2.36. The number of fused-ring (bicyclic) bond motifs is 1. The van der Waals surface area contributed by atoms with Crippen molar-refractivity contribution in [1.82, 2.24) is 25.0 Å². The first-order chi connectivity index (χ1) is 16.2. The van der Waals surface area contributed by atoms with Crippen molar-refractivity contribution < 1.29 is 23.0 Å². The van der Waals surface area contributed by atoms with Gasteiger partial charge in [0.15, 0.2) is 22.8 Å². The molecule has 0 bridgehead atoms. The SMILES string of the molecule is C[C@H](N)C(=O)OCCOc1cc(F)c(N2CCN(c3nc4c(nnn4C)c(=O)[nH]3)CC2)c(F)c1. The standard InChI is InChI=1S/C20H24F2N8O4/c1-11(23)19(32)34-8-7-33-12-9-13(21)16(14(22)10-12)29-3-5-30(6-4-29)20-24-17-15(18(31)25-20)26-27-28(17)2/h9-11H,3-8,23H2,1-2H3,(H,24,25,31)/t11-/m0/s1. The first-order valence-electron chi connectivity index (χ1n) is 10.6. The quantitative estimate of drug-likeness (QED) is 0.350. The summed E-state index contributed by atoms with van der Waals surface area (Å²) >= 11 is 0. The van der Waals surface area contributed by atoms with Crippen LogP contribution in [0.4, 0.5) is 20.4 Å². The maximum atomic E-state index is 14.7. The molecule has 1 aromatic carbocycles. The Labute approximate surface area is 192 Å². The van der Waals surface area contributed by atoms with Crippen LogP contribution in [-0.2, 0) is 16.6 Å². The van der Waals surface area contributed by atoms with Crippen LogP contribution in [0.3, 0.4) is 0 Å². The smallest absolute Gasteiger partial charge is 0.322 e. The second kappa shape index (κ2) is 9.59. The van der Waals surface area contributed by atoms with Crippen molar-refractivity contribution in [3.05, 3.63) is 34.1 Å². The van der Waals surface area contributed by atoms with E-state index in [1.54, 1.807) is 11.9 Å². The molecule has 12 nitrogen and oxygen atoms in total. The molecule has 3 heterocycles. The molecule has 1 atom stereocenters. The molecule has 1 fully saturated rings. The van der Waals surface area contributed by atoms with E-state index in [0.717, 1.165) is 12.1 Å². The number of hydrogen-bond acceptors (Lipinski definition) is 10. The molecule has 0 unspecified atom stereocenters. The van der Waals surface area contributed by atoms with Gasteiger partial charge in [-0.05, 0) is 6.92 Å². The van der Waals surface area contributed by atoms with Crippen molar-refractivity contribution in [3.8, 4) is 5.75 Å². The third kappa shape index (κ3) is 4.76. The van der Waals surface area contributed by atoms with Gasteiger partial charge in [0.05, 0.1) is 0 Å². The molecule has 0 saturated carbocycles. The number of piperazine rings is 1. The molecular formula is C20H24F2N8O4. The number of aryl methyl sites for hydroxylation is 1. The molecule has 182 valence electrons. The predicted octanol–water partition coefficient (Wildman–Crippen LogP) is -0.0744. The summed E-state index contributed by atoms with van der Waals surface area (Å²) in [5.41, 5.74) is 5.30. The van der Waals surface area contributed by atoms with E-state index in [1.807, 2.05) is 4.90 Å². The van der Waals surface area contributed by atoms with Crippen molar-refractivity contribution in [2.24, 2.45) is 12.8 Å². The highest BCUT2D eigenvalue weighted by Gasteiger charge is 2.25. The monoisotopic (exact) mass is 478 g/mol. The Kier molecular flexibility index (Phi) is 6.58. The fraction of sp³-hybridized carbons (Fsp3) is 0.450. The van der Waals surface area contributed by atoms with Crippen LogP contribution >= 0.6 is 0 Å². The van der Waals surface area contributed by atoms with Crippen LogP contribution in [0.2, 0.25) is 0 Å². The van der Waals surface area contributed by atoms with Gasteiger partial charge in [0.1, 0.15) is 30.7 Å². The van der Waals surface area contributed by atoms with Gasteiger partial charge in [0.25, 0.3) is 5.56 Å². The highest BCUT2D eigenvalue weighted by molar-refractivity contribution is 5.74. The van der Waals surface area contributed by atoms with Gasteiger partial charge < -0.3 is 25.0 Å². The summed E-state index contributed by atoms with van der Waals surface area (Å²) in [6.45, 7) is 2.67. The molecular weight excluding hydrogens is 454 g/mol. The fourth-order valence-corrected chi connectivity index (χ4v) is 3.57. The minimum absolute atomic E-state index is 0.0194. The topological polar surface area (TPSA) is 144 Å². The average Bonchev–Trinajstić information content (AvgIpc) is 3.18. The van der Waals surface area contributed by atoms with E-state index in [2.05, 4.69) is 20.3 Å². The molecule has 0 aliphatic carbocycles. The number of aromatic nitrogens is 5. The number of aromatic amines is 1. The summed E-state index contributed by atoms with van der Waals surface area (Å²) in [5, 5.41) is 7.58. The summed E-state index contributed by atoms with van der Waals surface area (Å²) in [6.07, 6.45) is 0. The fourth-order valence-electron chi connectivity index (χ4n) is 3.57. The first kappa shape index (κ1) is 23.4. The molecule has 34 heavy (non-hydrogen) atoms. The largest absolute Gasteiger partial charge is 0.490 e. The highest BCUT2D eigenvalue weighted by Crippen LogP contribution is 2.29. The summed E-state index contributed by atoms with van der Waals surface area (Å²) < 4.78 is 41.0. The molecule has 3 aromatic rings. The number of carbonyl (C=O) groups excluding carboxylic acids is 1. The van der Waals surface area contributed by atoms with E-state index in [-0.39, 0.29) is 30.2 Å². The lowest BCUT2D eigenvalue weighted by molar-refractivity contribution is -0.145. The van der Waals surface area contributed by atoms with Crippen LogP contribution in [-0.4, -0.2) is 76.4 Å². The zero-order valence-corrected chi connectivity index (χ0v) is 18.6. The van der Waals surface area contributed by atoms with Gasteiger partial charge in [-0.3, -0.25) is 14.6 Å². The number of carbonyl (C=O) groups is 1. The van der Waals surface area contributed by atoms with Crippen molar-refractivity contribution >= 4 is 28.8 Å². The maximum Gasteiger partial charge on any atom is 0.322 e. The Morgan fingerprint density at radius 1 is 1.18 bits per heavy atom. The van der Waals surface area contributed by atoms with Crippen LogP contribution in [0.5, 0.6) is 5.75 Å². The van der Waals surface area contributed by atoms with Crippen LogP contribution in [0.15, 0.2) is 16.9 Å². The minimum atomic E-state index is -0.773. The van der Waals surface area contributed by atoms with Crippen molar-refractivity contribution in [3.63, 3.8) is 0 Å². The number of benzene rings is 1. The van der Waals surface area contributed by atoms with Gasteiger partial charge in [0, 0.05) is 45.4 Å². The molecule has 0 amide bonds. The van der Waals surface area contributed by atoms with E-state index < -0.39 is 29.2 Å². The molecule has 0 radical (unpaired) electrons. The Hall–Kier alpha value is -3.81. The maximum absolute atomic E-state index is 14.7. The number of hydrogen-bond donors (Lipinski definition) is 2. The van der Waals surface area contributed by atoms with E-state index >= 15 is 0 Å². The lowest BCUT2D eigenvalue weighted by atomic mass is 10.2. The number of rotatable bonds is 7. The van der Waals surface area contributed by atoms with Gasteiger partial charge in [-0.1, -0.05) is 5.21 Å². The third-order valence-corrected chi connectivity index (χ3v) is 5.30. The Balaban J connectivity index is 1.39. The van der Waals surface area contributed by atoms with Gasteiger partial charge in [-0.15, -0.1) is 5.10 Å². The van der Waals surface area contributed by atoms with E-state index in [9.17, 15) is 18.4 Å². The van der Waals surface area contributed by atoms with E-state index in [0.29, 0.717) is 37.8 Å². The predicted molar refractivity (Wildman–Crippen MR) is 118 cm³/mol. The zero-order valence-electron chi connectivity index (χ0n) is 18.6. The number of nitrogens with zero attached hydrogens (tertiary/aromatic N) is 6. The number of halogens is 2. The number of H-pyrrole nitrogens is 1. The minimum Gasteiger partial charge on any atom is -0.490 e. The molecule has 1 aliphatic heterocycles. The van der Waals surface area contributed by atoms with E-state index in [4.69, 9.17) is 15.2 Å². The van der Waals surface area contributed by atoms with Crippen molar-refractivity contribution in [1.29, 1.82) is 0 Å². The lowest BCUT2D eigenvalue weighted by Crippen LogP contribution is -2.48. The van der Waals surface area contributed by atoms with Crippen LogP contribution < -0.4 is 25.8 Å². The Morgan fingerprint density at radius 3 is 2.47 bits per heavy atom. The van der Waals surface area contributed by atoms with Crippen LogP contribution in [0.25, 0.3) is 11.2 Å². The zero-order chi connectivity index (χ0) is 24.4.